The third-order valence-corrected chi connectivity index (χ3v) is 3.93. The van der Waals surface area contributed by atoms with E-state index in [4.69, 9.17) is 18.9 Å². The van der Waals surface area contributed by atoms with Crippen LogP contribution < -0.4 is 0 Å². The molecule has 0 unspecified atom stereocenters. The number of fused-ring (bicyclic) bond motifs is 1. The smallest absolute Gasteiger partial charge is 0.190 e. The van der Waals surface area contributed by atoms with Crippen molar-refractivity contribution >= 4 is 6.21 Å². The van der Waals surface area contributed by atoms with Gasteiger partial charge in [-0.1, -0.05) is 36.4 Å². The maximum atomic E-state index is 12.3. The van der Waals surface area contributed by atoms with Gasteiger partial charge in [-0.15, -0.1) is 6.58 Å². The van der Waals surface area contributed by atoms with Crippen LogP contribution in [-0.4, -0.2) is 47.9 Å². The first-order chi connectivity index (χ1) is 11.5. The summed E-state index contributed by atoms with van der Waals surface area (Å²) in [7, 11) is 0. The van der Waals surface area contributed by atoms with Gasteiger partial charge in [0.1, 0.15) is 12.2 Å². The fourth-order valence-electron chi connectivity index (χ4n) is 2.97. The van der Waals surface area contributed by atoms with Crippen LogP contribution in [0.4, 0.5) is 0 Å². The van der Waals surface area contributed by atoms with Crippen LogP contribution in [0, 0.1) is 5.21 Å². The summed E-state index contributed by atoms with van der Waals surface area (Å²) in [5.74, 6) is -0.725. The Balaban J connectivity index is 1.71. The van der Waals surface area contributed by atoms with Crippen LogP contribution in [0.5, 0.6) is 0 Å². The molecule has 0 N–H and O–H groups in total. The number of hydroxylamine groups is 1. The highest BCUT2D eigenvalue weighted by molar-refractivity contribution is 5.60. The molecule has 2 aliphatic heterocycles. The van der Waals surface area contributed by atoms with E-state index in [9.17, 15) is 5.21 Å². The molecule has 24 heavy (non-hydrogen) atoms. The Morgan fingerprint density at radius 2 is 2.04 bits per heavy atom. The van der Waals surface area contributed by atoms with Crippen molar-refractivity contribution < 1.29 is 23.7 Å². The Morgan fingerprint density at radius 3 is 2.75 bits per heavy atom. The molecule has 0 aromatic heterocycles. The monoisotopic (exact) mass is 333 g/mol. The molecular weight excluding hydrogens is 310 g/mol. The van der Waals surface area contributed by atoms with E-state index in [1.807, 2.05) is 44.2 Å². The summed E-state index contributed by atoms with van der Waals surface area (Å²) in [5, 5.41) is 12.3. The van der Waals surface area contributed by atoms with Gasteiger partial charge in [-0.2, -0.15) is 0 Å². The second kappa shape index (κ2) is 7.03. The number of ether oxygens (including phenoxy) is 4. The lowest BCUT2D eigenvalue weighted by molar-refractivity contribution is -0.473. The maximum absolute atomic E-state index is 12.3. The van der Waals surface area contributed by atoms with Gasteiger partial charge in [0, 0.05) is 5.56 Å². The van der Waals surface area contributed by atoms with Gasteiger partial charge < -0.3 is 24.2 Å². The Bertz CT molecular complexity index is 601. The van der Waals surface area contributed by atoms with E-state index in [1.54, 1.807) is 6.08 Å². The first kappa shape index (κ1) is 17.1. The summed E-state index contributed by atoms with van der Waals surface area (Å²) in [4.78, 5) is 0. The van der Waals surface area contributed by atoms with Gasteiger partial charge in [0.15, 0.2) is 30.9 Å². The molecule has 6 heteroatoms. The fourth-order valence-corrected chi connectivity index (χ4v) is 2.97. The minimum Gasteiger partial charge on any atom is -0.624 e. The van der Waals surface area contributed by atoms with Gasteiger partial charge in [-0.3, -0.25) is 0 Å². The molecule has 0 aliphatic carbocycles. The quantitative estimate of drug-likeness (QED) is 0.263. The summed E-state index contributed by atoms with van der Waals surface area (Å²) >= 11 is 0. The normalized spacial score (nSPS) is 31.8. The summed E-state index contributed by atoms with van der Waals surface area (Å²) in [6.45, 7) is 7.91. The highest BCUT2D eigenvalue weighted by Gasteiger charge is 2.55. The van der Waals surface area contributed by atoms with Crippen molar-refractivity contribution in [3.05, 3.63) is 53.8 Å². The average Bonchev–Trinajstić information content (AvgIpc) is 2.97. The highest BCUT2D eigenvalue weighted by atomic mass is 16.8. The minimum atomic E-state index is -0.725. The van der Waals surface area contributed by atoms with Crippen LogP contribution in [0.3, 0.4) is 0 Å². The minimum absolute atomic E-state index is 0.247. The molecule has 2 heterocycles. The number of hydrogen-bond acceptors (Lipinski definition) is 5. The van der Waals surface area contributed by atoms with Gasteiger partial charge >= 0.3 is 0 Å². The molecule has 0 spiro atoms. The predicted molar refractivity (Wildman–Crippen MR) is 88.5 cm³/mol. The number of benzene rings is 1. The van der Waals surface area contributed by atoms with Crippen LogP contribution in [0.2, 0.25) is 0 Å². The zero-order chi connectivity index (χ0) is 17.2. The van der Waals surface area contributed by atoms with Gasteiger partial charge in [0.25, 0.3) is 0 Å². The molecule has 1 aromatic rings. The molecule has 2 saturated heterocycles. The van der Waals surface area contributed by atoms with Crippen molar-refractivity contribution in [3.8, 4) is 0 Å². The second-order valence-electron chi connectivity index (χ2n) is 6.37. The van der Waals surface area contributed by atoms with E-state index >= 15 is 0 Å². The van der Waals surface area contributed by atoms with Crippen LogP contribution in [0.15, 0.2) is 43.0 Å². The van der Waals surface area contributed by atoms with Gasteiger partial charge in [0.05, 0.1) is 6.61 Å². The van der Waals surface area contributed by atoms with Crippen molar-refractivity contribution in [1.29, 1.82) is 0 Å². The summed E-state index contributed by atoms with van der Waals surface area (Å²) in [6, 6.07) is 9.53. The molecule has 2 fully saturated rings. The molecule has 1 aromatic carbocycles. The van der Waals surface area contributed by atoms with Crippen molar-refractivity contribution in [2.24, 2.45) is 0 Å². The maximum Gasteiger partial charge on any atom is 0.190 e. The third kappa shape index (κ3) is 3.84. The SMILES string of the molecule is C=CCO[C@@H]1[C@H]2OC(C)(C)O[C@H]2O[C@@H]1/C=[N+](\[O-])Cc1ccccc1. The second-order valence-corrected chi connectivity index (χ2v) is 6.37. The van der Waals surface area contributed by atoms with Crippen LogP contribution in [-0.2, 0) is 25.5 Å². The predicted octanol–water partition coefficient (Wildman–Crippen LogP) is 2.22. The van der Waals surface area contributed by atoms with E-state index in [0.717, 1.165) is 10.3 Å². The molecule has 130 valence electrons. The third-order valence-electron chi connectivity index (χ3n) is 3.93. The Morgan fingerprint density at radius 1 is 1.29 bits per heavy atom. The van der Waals surface area contributed by atoms with Crippen molar-refractivity contribution in [2.45, 2.75) is 50.8 Å². The molecule has 0 radical (unpaired) electrons. The van der Waals surface area contributed by atoms with Crippen LogP contribution >= 0.6 is 0 Å². The van der Waals surface area contributed by atoms with E-state index < -0.39 is 24.3 Å². The lowest BCUT2D eigenvalue weighted by Crippen LogP contribution is -2.38. The summed E-state index contributed by atoms with van der Waals surface area (Å²) in [5.41, 5.74) is 0.930. The van der Waals surface area contributed by atoms with Crippen molar-refractivity contribution in [3.63, 3.8) is 0 Å². The first-order valence-corrected chi connectivity index (χ1v) is 8.05. The first-order valence-electron chi connectivity index (χ1n) is 8.05. The van der Waals surface area contributed by atoms with Crippen LogP contribution in [0.1, 0.15) is 19.4 Å². The molecular formula is C18H23NO5. The number of rotatable bonds is 6. The van der Waals surface area contributed by atoms with Crippen molar-refractivity contribution in [2.75, 3.05) is 6.61 Å². The van der Waals surface area contributed by atoms with Gasteiger partial charge in [-0.25, -0.2) is 4.74 Å². The fraction of sp³-hybridized carbons (Fsp3) is 0.500. The number of nitrogens with zero attached hydrogens (tertiary/aromatic N) is 1. The van der Waals surface area contributed by atoms with E-state index in [1.165, 1.54) is 6.21 Å². The molecule has 3 rings (SSSR count). The standard InChI is InChI=1S/C18H23NO5/c1-4-10-21-15-14(22-17-16(15)23-18(2,3)24-17)12-19(20)11-13-8-6-5-7-9-13/h4-9,12,14-17H,1,10-11H2,2-3H3/b19-12-/t14-,15+,16-,17-/m1/s1. The van der Waals surface area contributed by atoms with E-state index in [-0.39, 0.29) is 12.6 Å². The molecule has 0 amide bonds. The largest absolute Gasteiger partial charge is 0.624 e. The topological polar surface area (TPSA) is 63.0 Å². The highest BCUT2D eigenvalue weighted by Crippen LogP contribution is 2.38. The molecule has 2 aliphatic rings. The molecule has 0 bridgehead atoms. The summed E-state index contributed by atoms with van der Waals surface area (Å²) in [6.07, 6.45) is 1.29. The lowest BCUT2D eigenvalue weighted by atomic mass is 10.1. The Kier molecular flexibility index (Phi) is 5.01. The van der Waals surface area contributed by atoms with Crippen LogP contribution in [0.25, 0.3) is 0 Å². The Hall–Kier alpha value is -1.73. The molecule has 0 saturated carbocycles. The van der Waals surface area contributed by atoms with E-state index in [0.29, 0.717) is 6.61 Å². The van der Waals surface area contributed by atoms with E-state index in [2.05, 4.69) is 6.58 Å². The van der Waals surface area contributed by atoms with Gasteiger partial charge in [0.2, 0.25) is 0 Å². The molecule has 4 atom stereocenters. The Labute approximate surface area is 141 Å². The zero-order valence-corrected chi connectivity index (χ0v) is 14.0. The van der Waals surface area contributed by atoms with Crippen molar-refractivity contribution in [1.82, 2.24) is 0 Å². The summed E-state index contributed by atoms with van der Waals surface area (Å²) < 4.78 is 24.1. The number of hydrogen-bond donors (Lipinski definition) is 0. The lowest BCUT2D eigenvalue weighted by Gasteiger charge is -2.23. The zero-order valence-electron chi connectivity index (χ0n) is 14.0. The van der Waals surface area contributed by atoms with Gasteiger partial charge in [-0.05, 0) is 13.8 Å². The molecule has 6 nitrogen and oxygen atoms in total. The average molecular weight is 333 g/mol.